The Kier molecular flexibility index (Phi) is 7.13. The van der Waals surface area contributed by atoms with Crippen LogP contribution in [0.5, 0.6) is 5.88 Å². The highest BCUT2D eigenvalue weighted by Gasteiger charge is 2.26. The maximum atomic E-state index is 6.12. The highest BCUT2D eigenvalue weighted by molar-refractivity contribution is 5.85. The monoisotopic (exact) mass is 349 g/mol. The molecule has 0 radical (unpaired) electrons. The van der Waals surface area contributed by atoms with E-state index in [1.54, 1.807) is 0 Å². The Hall–Kier alpha value is -1.52. The molecule has 132 valence electrons. The van der Waals surface area contributed by atoms with Gasteiger partial charge in [0.15, 0.2) is 0 Å². The van der Waals surface area contributed by atoms with Gasteiger partial charge in [-0.25, -0.2) is 4.68 Å². The third-order valence-corrected chi connectivity index (χ3v) is 4.72. The zero-order valence-electron chi connectivity index (χ0n) is 14.6. The normalized spacial score (nSPS) is 20.4. The van der Waals surface area contributed by atoms with Crippen LogP contribution in [-0.2, 0) is 13.2 Å². The number of rotatable bonds is 6. The highest BCUT2D eigenvalue weighted by Crippen LogP contribution is 2.36. The van der Waals surface area contributed by atoms with E-state index in [-0.39, 0.29) is 12.4 Å². The smallest absolute Gasteiger partial charge is 0.212 e. The summed E-state index contributed by atoms with van der Waals surface area (Å²) < 4.78 is 8.26. The van der Waals surface area contributed by atoms with E-state index in [0.717, 1.165) is 18.1 Å². The first-order valence-corrected chi connectivity index (χ1v) is 8.67. The molecule has 3 rings (SSSR count). The first-order chi connectivity index (χ1) is 11.3. The quantitative estimate of drug-likeness (QED) is 0.842. The summed E-state index contributed by atoms with van der Waals surface area (Å²) in [5, 5.41) is 8.00. The summed E-state index contributed by atoms with van der Waals surface area (Å²) in [6, 6.07) is 12.9. The molecule has 1 fully saturated rings. The Bertz CT molecular complexity index is 614. The molecule has 2 aromatic rings. The van der Waals surface area contributed by atoms with Crippen molar-refractivity contribution in [3.05, 3.63) is 47.7 Å². The average Bonchev–Trinajstić information content (AvgIpc) is 2.97. The molecule has 24 heavy (non-hydrogen) atoms. The van der Waals surface area contributed by atoms with Gasteiger partial charge in [-0.1, -0.05) is 50.1 Å². The van der Waals surface area contributed by atoms with Gasteiger partial charge in [-0.3, -0.25) is 0 Å². The van der Waals surface area contributed by atoms with Crippen LogP contribution in [-0.4, -0.2) is 16.8 Å². The maximum Gasteiger partial charge on any atom is 0.212 e. The van der Waals surface area contributed by atoms with Crippen LogP contribution >= 0.6 is 12.4 Å². The van der Waals surface area contributed by atoms with E-state index in [9.17, 15) is 0 Å². The first kappa shape index (κ1) is 18.8. The van der Waals surface area contributed by atoms with Crippen molar-refractivity contribution in [2.24, 2.45) is 5.92 Å². The molecule has 4 nitrogen and oxygen atoms in total. The van der Waals surface area contributed by atoms with Crippen LogP contribution in [0, 0.1) is 5.92 Å². The molecule has 1 aliphatic rings. The molecule has 2 atom stereocenters. The van der Waals surface area contributed by atoms with Crippen LogP contribution in [0.25, 0.3) is 0 Å². The van der Waals surface area contributed by atoms with Crippen LogP contribution in [0.1, 0.15) is 49.9 Å². The zero-order chi connectivity index (χ0) is 16.1. The van der Waals surface area contributed by atoms with E-state index >= 15 is 0 Å². The number of hydrogen-bond acceptors (Lipinski definition) is 3. The highest BCUT2D eigenvalue weighted by atomic mass is 35.5. The van der Waals surface area contributed by atoms with Crippen molar-refractivity contribution in [3.63, 3.8) is 0 Å². The van der Waals surface area contributed by atoms with Gasteiger partial charge in [0.05, 0.1) is 11.7 Å². The van der Waals surface area contributed by atoms with Gasteiger partial charge < -0.3 is 10.1 Å². The molecule has 1 aromatic heterocycles. The van der Waals surface area contributed by atoms with Gasteiger partial charge >= 0.3 is 0 Å². The van der Waals surface area contributed by atoms with Crippen LogP contribution in [0.15, 0.2) is 36.4 Å². The topological polar surface area (TPSA) is 39.1 Å². The van der Waals surface area contributed by atoms with E-state index in [0.29, 0.717) is 18.6 Å². The van der Waals surface area contributed by atoms with Gasteiger partial charge in [0.25, 0.3) is 0 Å². The summed E-state index contributed by atoms with van der Waals surface area (Å²) in [7, 11) is 1.95. The zero-order valence-corrected chi connectivity index (χ0v) is 15.4. The van der Waals surface area contributed by atoms with E-state index in [1.165, 1.54) is 31.2 Å². The lowest BCUT2D eigenvalue weighted by atomic mass is 9.86. The predicted molar refractivity (Wildman–Crippen MR) is 99.7 cm³/mol. The van der Waals surface area contributed by atoms with Gasteiger partial charge in [-0.05, 0) is 31.4 Å². The van der Waals surface area contributed by atoms with Crippen molar-refractivity contribution in [2.75, 3.05) is 7.05 Å². The molecule has 0 saturated heterocycles. The molecular weight excluding hydrogens is 322 g/mol. The van der Waals surface area contributed by atoms with E-state index in [1.807, 2.05) is 25.2 Å². The second-order valence-corrected chi connectivity index (χ2v) is 6.55. The number of ether oxygens (including phenoxy) is 1. The molecule has 1 saturated carbocycles. The minimum Gasteiger partial charge on any atom is -0.473 e. The van der Waals surface area contributed by atoms with Gasteiger partial charge in [0, 0.05) is 12.6 Å². The molecule has 0 aliphatic heterocycles. The third-order valence-electron chi connectivity index (χ3n) is 4.72. The van der Waals surface area contributed by atoms with Crippen molar-refractivity contribution in [1.82, 2.24) is 15.1 Å². The van der Waals surface area contributed by atoms with Crippen LogP contribution in [0.2, 0.25) is 0 Å². The van der Waals surface area contributed by atoms with Crippen LogP contribution in [0.3, 0.4) is 0 Å². The number of nitrogens with zero attached hydrogens (tertiary/aromatic N) is 2. The first-order valence-electron chi connectivity index (χ1n) is 8.67. The number of aromatic nitrogens is 2. The van der Waals surface area contributed by atoms with Crippen molar-refractivity contribution in [3.8, 4) is 5.88 Å². The Balaban J connectivity index is 0.00000208. The molecule has 1 heterocycles. The minimum atomic E-state index is 0. The molecule has 1 aromatic carbocycles. The lowest BCUT2D eigenvalue weighted by Gasteiger charge is -2.29. The van der Waals surface area contributed by atoms with E-state index in [4.69, 9.17) is 9.84 Å². The molecule has 0 bridgehead atoms. The van der Waals surface area contributed by atoms with E-state index < -0.39 is 0 Å². The van der Waals surface area contributed by atoms with Crippen molar-refractivity contribution >= 4 is 12.4 Å². The predicted octanol–water partition coefficient (Wildman–Crippen LogP) is 4.35. The van der Waals surface area contributed by atoms with Crippen molar-refractivity contribution in [1.29, 1.82) is 0 Å². The summed E-state index contributed by atoms with van der Waals surface area (Å²) in [6.07, 6.45) is 5.10. The molecular formula is C19H28ClN3O. The number of nitrogens with one attached hydrogen (secondary N) is 1. The van der Waals surface area contributed by atoms with Gasteiger partial charge in [0.1, 0.15) is 6.61 Å². The Morgan fingerprint density at radius 2 is 1.96 bits per heavy atom. The molecule has 0 unspecified atom stereocenters. The minimum absolute atomic E-state index is 0. The SMILES string of the molecule is CNCc1cc(OCc2ccccc2)n([C@@H]2CCCC[C@H]2C)n1.Cl. The second-order valence-electron chi connectivity index (χ2n) is 6.55. The molecule has 1 aliphatic carbocycles. The van der Waals surface area contributed by atoms with Crippen LogP contribution in [0.4, 0.5) is 0 Å². The van der Waals surface area contributed by atoms with Gasteiger partial charge in [0.2, 0.25) is 5.88 Å². The molecule has 5 heteroatoms. The fourth-order valence-electron chi connectivity index (χ4n) is 3.43. The average molecular weight is 350 g/mol. The number of hydrogen-bond donors (Lipinski definition) is 1. The summed E-state index contributed by atoms with van der Waals surface area (Å²) in [5.41, 5.74) is 2.24. The van der Waals surface area contributed by atoms with Crippen molar-refractivity contribution < 1.29 is 4.74 Å². The van der Waals surface area contributed by atoms with Crippen molar-refractivity contribution in [2.45, 2.75) is 51.8 Å². The molecule has 0 spiro atoms. The Morgan fingerprint density at radius 1 is 1.21 bits per heavy atom. The Labute approximate surface area is 151 Å². The number of benzene rings is 1. The maximum absolute atomic E-state index is 6.12. The lowest BCUT2D eigenvalue weighted by molar-refractivity contribution is 0.198. The summed E-state index contributed by atoms with van der Waals surface area (Å²) in [4.78, 5) is 0. The largest absolute Gasteiger partial charge is 0.473 e. The summed E-state index contributed by atoms with van der Waals surface area (Å²) in [5.74, 6) is 1.56. The van der Waals surface area contributed by atoms with Gasteiger partial charge in [-0.2, -0.15) is 5.10 Å². The molecule has 1 N–H and O–H groups in total. The second kappa shape index (κ2) is 9.09. The molecule has 0 amide bonds. The van der Waals surface area contributed by atoms with E-state index in [2.05, 4.69) is 35.1 Å². The summed E-state index contributed by atoms with van der Waals surface area (Å²) in [6.45, 7) is 3.70. The fourth-order valence-corrected chi connectivity index (χ4v) is 3.43. The van der Waals surface area contributed by atoms with Crippen LogP contribution < -0.4 is 10.1 Å². The lowest BCUT2D eigenvalue weighted by Crippen LogP contribution is -2.23. The number of halogens is 1. The summed E-state index contributed by atoms with van der Waals surface area (Å²) >= 11 is 0. The van der Waals surface area contributed by atoms with Gasteiger partial charge in [-0.15, -0.1) is 12.4 Å². The standard InChI is InChI=1S/C19H27N3O.ClH/c1-15-8-6-7-11-18(15)22-19(12-17(21-22)13-20-2)23-14-16-9-4-3-5-10-16;/h3-5,9-10,12,15,18,20H,6-8,11,13-14H2,1-2H3;1H/t15-,18-;/m1./s1. The fraction of sp³-hybridized carbons (Fsp3) is 0.526. The Morgan fingerprint density at radius 3 is 2.67 bits per heavy atom. The third kappa shape index (κ3) is 4.52.